The molecule has 0 aromatic heterocycles. The third-order valence-electron chi connectivity index (χ3n) is 6.31. The van der Waals surface area contributed by atoms with Crippen LogP contribution < -0.4 is 20.9 Å². The maximum atomic E-state index is 5.03. The van der Waals surface area contributed by atoms with Gasteiger partial charge in [-0.1, -0.05) is 0 Å². The van der Waals surface area contributed by atoms with Crippen LogP contribution in [0.2, 0.25) is 0 Å². The lowest BCUT2D eigenvalue weighted by Crippen LogP contribution is -2.47. The zero-order valence-electron chi connectivity index (χ0n) is 17.5. The Kier molecular flexibility index (Phi) is 5.99. The molecule has 3 aliphatic rings. The lowest BCUT2D eigenvalue weighted by Gasteiger charge is -2.34. The summed E-state index contributed by atoms with van der Waals surface area (Å²) in [7, 11) is 2.19. The van der Waals surface area contributed by atoms with Gasteiger partial charge in [-0.15, -0.1) is 0 Å². The minimum atomic E-state index is 0.0664. The summed E-state index contributed by atoms with van der Waals surface area (Å²) >= 11 is 0. The molecule has 0 amide bonds. The van der Waals surface area contributed by atoms with Gasteiger partial charge in [0.2, 0.25) is 0 Å². The summed E-state index contributed by atoms with van der Waals surface area (Å²) < 4.78 is 0. The molecule has 0 aliphatic carbocycles. The SMILES string of the molecule is CC1=C(C)C(NC2CCNCC2)N=C(c2ccc(N3CCN(C)CC3)cc2)N1. The standard InChI is InChI=1S/C22H34N6/c1-16-17(2)24-22(26-21(16)25-19-8-10-23-11-9-19)18-4-6-20(7-5-18)28-14-12-27(3)13-15-28/h4-7,19,21,23,25H,8-15H2,1-3H3,(H,24,26). The first-order valence-corrected chi connectivity index (χ1v) is 10.6. The number of anilines is 1. The highest BCUT2D eigenvalue weighted by Crippen LogP contribution is 2.21. The molecule has 0 spiro atoms. The van der Waals surface area contributed by atoms with E-state index in [1.807, 2.05) is 0 Å². The average molecular weight is 383 g/mol. The molecule has 0 saturated carbocycles. The number of piperidine rings is 1. The van der Waals surface area contributed by atoms with E-state index in [4.69, 9.17) is 4.99 Å². The topological polar surface area (TPSA) is 54.9 Å². The number of aliphatic imine (C=N–C) groups is 1. The molecular formula is C22H34N6. The van der Waals surface area contributed by atoms with Crippen LogP contribution in [0.15, 0.2) is 40.5 Å². The number of piperazine rings is 1. The molecule has 0 bridgehead atoms. The van der Waals surface area contributed by atoms with Crippen LogP contribution >= 0.6 is 0 Å². The van der Waals surface area contributed by atoms with Crippen LogP contribution in [0.3, 0.4) is 0 Å². The molecule has 2 saturated heterocycles. The van der Waals surface area contributed by atoms with E-state index in [1.165, 1.54) is 29.8 Å². The highest BCUT2D eigenvalue weighted by molar-refractivity contribution is 6.00. The van der Waals surface area contributed by atoms with E-state index in [0.717, 1.165) is 50.7 Å². The van der Waals surface area contributed by atoms with Crippen LogP contribution in [0.25, 0.3) is 0 Å². The molecule has 3 aliphatic heterocycles. The van der Waals surface area contributed by atoms with Crippen molar-refractivity contribution < 1.29 is 0 Å². The summed E-state index contributed by atoms with van der Waals surface area (Å²) in [6, 6.07) is 9.42. The van der Waals surface area contributed by atoms with Crippen LogP contribution in [-0.2, 0) is 0 Å². The number of nitrogens with one attached hydrogen (secondary N) is 3. The Morgan fingerprint density at radius 2 is 1.68 bits per heavy atom. The Bertz CT molecular complexity index is 724. The molecule has 0 radical (unpaired) electrons. The second kappa shape index (κ2) is 8.64. The Morgan fingerprint density at radius 3 is 2.36 bits per heavy atom. The van der Waals surface area contributed by atoms with E-state index in [2.05, 4.69) is 70.9 Å². The molecule has 4 rings (SSSR count). The summed E-state index contributed by atoms with van der Waals surface area (Å²) in [6.07, 6.45) is 2.40. The monoisotopic (exact) mass is 382 g/mol. The molecule has 3 heterocycles. The van der Waals surface area contributed by atoms with Gasteiger partial charge in [-0.25, -0.2) is 4.99 Å². The first-order valence-electron chi connectivity index (χ1n) is 10.6. The predicted molar refractivity (Wildman–Crippen MR) is 117 cm³/mol. The number of hydrogen-bond acceptors (Lipinski definition) is 6. The fraction of sp³-hybridized carbons (Fsp3) is 0.591. The Hall–Kier alpha value is -1.89. The van der Waals surface area contributed by atoms with E-state index in [-0.39, 0.29) is 6.17 Å². The van der Waals surface area contributed by atoms with Crippen molar-refractivity contribution >= 4 is 11.5 Å². The zero-order chi connectivity index (χ0) is 19.5. The Labute approximate surface area is 169 Å². The molecule has 1 unspecified atom stereocenters. The van der Waals surface area contributed by atoms with Crippen molar-refractivity contribution in [3.05, 3.63) is 41.1 Å². The fourth-order valence-electron chi connectivity index (χ4n) is 4.16. The van der Waals surface area contributed by atoms with Crippen LogP contribution in [0.5, 0.6) is 0 Å². The Balaban J connectivity index is 1.47. The molecular weight excluding hydrogens is 348 g/mol. The molecule has 28 heavy (non-hydrogen) atoms. The van der Waals surface area contributed by atoms with E-state index in [9.17, 15) is 0 Å². The number of benzene rings is 1. The highest BCUT2D eigenvalue weighted by atomic mass is 15.2. The molecule has 6 nitrogen and oxygen atoms in total. The van der Waals surface area contributed by atoms with E-state index in [1.54, 1.807) is 0 Å². The smallest absolute Gasteiger partial charge is 0.134 e. The lowest BCUT2D eigenvalue weighted by molar-refractivity contribution is 0.313. The minimum absolute atomic E-state index is 0.0664. The van der Waals surface area contributed by atoms with Crippen molar-refractivity contribution in [1.29, 1.82) is 0 Å². The summed E-state index contributed by atoms with van der Waals surface area (Å²) in [5, 5.41) is 10.7. The third-order valence-corrected chi connectivity index (χ3v) is 6.31. The van der Waals surface area contributed by atoms with Gasteiger partial charge in [0.25, 0.3) is 0 Å². The number of likely N-dealkylation sites (N-methyl/N-ethyl adjacent to an activating group) is 1. The molecule has 1 aromatic rings. The number of rotatable bonds is 4. The maximum absolute atomic E-state index is 5.03. The van der Waals surface area contributed by atoms with E-state index >= 15 is 0 Å². The molecule has 2 fully saturated rings. The van der Waals surface area contributed by atoms with Gasteiger partial charge in [0.1, 0.15) is 12.0 Å². The highest BCUT2D eigenvalue weighted by Gasteiger charge is 2.24. The average Bonchev–Trinajstić information content (AvgIpc) is 2.73. The quantitative estimate of drug-likeness (QED) is 0.741. The van der Waals surface area contributed by atoms with Gasteiger partial charge in [-0.05, 0) is 76.7 Å². The summed E-state index contributed by atoms with van der Waals surface area (Å²) in [6.45, 7) is 11.0. The molecule has 1 aromatic carbocycles. The van der Waals surface area contributed by atoms with Crippen molar-refractivity contribution in [2.24, 2.45) is 4.99 Å². The van der Waals surface area contributed by atoms with Gasteiger partial charge in [0.15, 0.2) is 0 Å². The first-order chi connectivity index (χ1) is 13.6. The van der Waals surface area contributed by atoms with Crippen molar-refractivity contribution in [3.63, 3.8) is 0 Å². The normalized spacial score (nSPS) is 24.9. The van der Waals surface area contributed by atoms with Crippen LogP contribution in [0.1, 0.15) is 32.3 Å². The van der Waals surface area contributed by atoms with Gasteiger partial charge >= 0.3 is 0 Å². The molecule has 152 valence electrons. The molecule has 1 atom stereocenters. The van der Waals surface area contributed by atoms with Crippen molar-refractivity contribution in [2.75, 3.05) is 51.2 Å². The first kappa shape index (κ1) is 19.4. The van der Waals surface area contributed by atoms with Gasteiger partial charge < -0.3 is 20.4 Å². The largest absolute Gasteiger partial charge is 0.369 e. The van der Waals surface area contributed by atoms with Crippen LogP contribution in [0, 0.1) is 0 Å². The summed E-state index contributed by atoms with van der Waals surface area (Å²) in [4.78, 5) is 9.88. The van der Waals surface area contributed by atoms with Crippen LogP contribution in [0.4, 0.5) is 5.69 Å². The predicted octanol–water partition coefficient (Wildman–Crippen LogP) is 1.75. The van der Waals surface area contributed by atoms with E-state index < -0.39 is 0 Å². The van der Waals surface area contributed by atoms with Crippen molar-refractivity contribution in [3.8, 4) is 0 Å². The van der Waals surface area contributed by atoms with Crippen molar-refractivity contribution in [1.82, 2.24) is 20.9 Å². The fourth-order valence-corrected chi connectivity index (χ4v) is 4.16. The van der Waals surface area contributed by atoms with Gasteiger partial charge in [-0.2, -0.15) is 0 Å². The lowest BCUT2D eigenvalue weighted by atomic mass is 10.0. The Morgan fingerprint density at radius 1 is 1.00 bits per heavy atom. The third kappa shape index (κ3) is 4.40. The maximum Gasteiger partial charge on any atom is 0.134 e. The van der Waals surface area contributed by atoms with Gasteiger partial charge in [0, 0.05) is 49.2 Å². The molecule has 6 heteroatoms. The number of amidine groups is 1. The second-order valence-electron chi connectivity index (χ2n) is 8.34. The second-order valence-corrected chi connectivity index (χ2v) is 8.34. The number of hydrogen-bond donors (Lipinski definition) is 3. The van der Waals surface area contributed by atoms with Crippen molar-refractivity contribution in [2.45, 2.75) is 38.9 Å². The number of nitrogens with zero attached hydrogens (tertiary/aromatic N) is 3. The summed E-state index contributed by atoms with van der Waals surface area (Å²) in [5.41, 5.74) is 4.96. The molecule has 3 N–H and O–H groups in total. The van der Waals surface area contributed by atoms with Crippen LogP contribution in [-0.4, -0.2) is 69.3 Å². The van der Waals surface area contributed by atoms with E-state index in [0.29, 0.717) is 6.04 Å². The van der Waals surface area contributed by atoms with Gasteiger partial charge in [-0.3, -0.25) is 5.32 Å². The number of allylic oxidation sites excluding steroid dienone is 1. The van der Waals surface area contributed by atoms with Gasteiger partial charge in [0.05, 0.1) is 0 Å². The minimum Gasteiger partial charge on any atom is -0.369 e. The zero-order valence-corrected chi connectivity index (χ0v) is 17.5. The summed E-state index contributed by atoms with van der Waals surface area (Å²) in [5.74, 6) is 0.972.